The Morgan fingerprint density at radius 1 is 0.826 bits per heavy atom. The molecule has 1 aliphatic heterocycles. The standard InChI is InChI=1S/C41H38N3O.Pt/c1-24(2)31-15-12-28-14-17-34(43-39(28)40(31)45)29-13-16-33-36(22-29)44(35-11-9-8-10-32(35)41(33,6)7)37-23-30(18-19-42-37)38-26(4)20-25(3)21-27(38)5;/h8-21,23-24,45H,1-7H3;/q-1;. The zero-order valence-electron chi connectivity index (χ0n) is 27.3. The number of hydrogen-bond acceptors (Lipinski definition) is 4. The summed E-state index contributed by atoms with van der Waals surface area (Å²) in [5.41, 5.74) is 13.5. The molecule has 5 heteroatoms. The predicted octanol–water partition coefficient (Wildman–Crippen LogP) is 10.6. The van der Waals surface area contributed by atoms with Crippen molar-refractivity contribution in [3.05, 3.63) is 131 Å². The molecule has 0 atom stereocenters. The molecule has 7 rings (SSSR count). The summed E-state index contributed by atoms with van der Waals surface area (Å²) in [6.45, 7) is 15.2. The van der Waals surface area contributed by atoms with Crippen LogP contribution in [0.15, 0.2) is 91.1 Å². The van der Waals surface area contributed by atoms with Crippen molar-refractivity contribution in [2.45, 2.75) is 59.8 Å². The van der Waals surface area contributed by atoms with E-state index in [0.29, 0.717) is 5.52 Å². The number of hydrogen-bond donors (Lipinski definition) is 1. The molecule has 234 valence electrons. The third-order valence-corrected chi connectivity index (χ3v) is 9.35. The minimum Gasteiger partial charge on any atom is -0.505 e. The Hall–Kier alpha value is -4.27. The van der Waals surface area contributed by atoms with Gasteiger partial charge in [0, 0.05) is 38.3 Å². The average molecular weight is 784 g/mol. The maximum absolute atomic E-state index is 11.1. The van der Waals surface area contributed by atoms with E-state index in [1.807, 2.05) is 30.5 Å². The summed E-state index contributed by atoms with van der Waals surface area (Å²) in [5.74, 6) is 1.29. The molecular weight excluding hydrogens is 746 g/mol. The van der Waals surface area contributed by atoms with Gasteiger partial charge >= 0.3 is 0 Å². The number of aromatic nitrogens is 2. The van der Waals surface area contributed by atoms with Gasteiger partial charge in [-0.25, -0.2) is 4.98 Å². The van der Waals surface area contributed by atoms with Crippen molar-refractivity contribution in [3.63, 3.8) is 0 Å². The number of pyridine rings is 2. The number of phenolic OH excluding ortho intramolecular Hbond substituents is 1. The largest absolute Gasteiger partial charge is 0.505 e. The number of nitrogens with zero attached hydrogens (tertiary/aromatic N) is 3. The van der Waals surface area contributed by atoms with Crippen LogP contribution in [0.2, 0.25) is 0 Å². The summed E-state index contributed by atoms with van der Waals surface area (Å²) in [5, 5.41) is 12.1. The molecule has 0 radical (unpaired) electrons. The van der Waals surface area contributed by atoms with Gasteiger partial charge in [-0.2, -0.15) is 0 Å². The summed E-state index contributed by atoms with van der Waals surface area (Å²) >= 11 is 0. The Kier molecular flexibility index (Phi) is 8.15. The van der Waals surface area contributed by atoms with Crippen molar-refractivity contribution < 1.29 is 26.2 Å². The molecule has 0 amide bonds. The monoisotopic (exact) mass is 783 g/mol. The van der Waals surface area contributed by atoms with Gasteiger partial charge in [0.15, 0.2) is 0 Å². The SMILES string of the molecule is Cc1cc(C)c(-c2ccnc(N3c4[c-]c(-c5ccc6ccc(C(C)C)c(O)c6n5)ccc4C(C)(C)c4ccccc43)c2)c(C)c1.[Pt]. The van der Waals surface area contributed by atoms with Crippen LogP contribution < -0.4 is 4.90 Å². The normalized spacial score (nSPS) is 13.3. The van der Waals surface area contributed by atoms with Crippen LogP contribution in [0.5, 0.6) is 5.75 Å². The summed E-state index contributed by atoms with van der Waals surface area (Å²) < 4.78 is 0. The molecule has 0 aliphatic carbocycles. The van der Waals surface area contributed by atoms with Crippen molar-refractivity contribution in [3.8, 4) is 28.1 Å². The van der Waals surface area contributed by atoms with Crippen LogP contribution in [0.3, 0.4) is 0 Å². The Balaban J connectivity index is 0.00000372. The number of para-hydroxylation sites is 1. The maximum Gasteiger partial charge on any atom is 0.144 e. The quantitative estimate of drug-likeness (QED) is 0.181. The zero-order valence-corrected chi connectivity index (χ0v) is 29.6. The van der Waals surface area contributed by atoms with Gasteiger partial charge in [0.05, 0.1) is 0 Å². The van der Waals surface area contributed by atoms with E-state index in [4.69, 9.17) is 9.97 Å². The molecule has 0 saturated heterocycles. The number of fused-ring (bicyclic) bond motifs is 3. The molecule has 0 spiro atoms. The van der Waals surface area contributed by atoms with E-state index in [2.05, 4.69) is 120 Å². The van der Waals surface area contributed by atoms with E-state index in [-0.39, 0.29) is 38.1 Å². The van der Waals surface area contributed by atoms with Gasteiger partial charge < -0.3 is 10.0 Å². The van der Waals surface area contributed by atoms with Gasteiger partial charge in [-0.05, 0) is 95.1 Å². The fourth-order valence-electron chi connectivity index (χ4n) is 7.15. The first kappa shape index (κ1) is 31.7. The molecule has 2 aromatic heterocycles. The van der Waals surface area contributed by atoms with Crippen LogP contribution >= 0.6 is 0 Å². The van der Waals surface area contributed by atoms with Gasteiger partial charge in [-0.1, -0.05) is 93.4 Å². The second kappa shape index (κ2) is 11.8. The molecule has 0 saturated carbocycles. The van der Waals surface area contributed by atoms with E-state index in [9.17, 15) is 5.11 Å². The molecule has 1 N–H and O–H groups in total. The Labute approximate surface area is 286 Å². The van der Waals surface area contributed by atoms with Crippen LogP contribution in [-0.2, 0) is 26.5 Å². The number of anilines is 3. The van der Waals surface area contributed by atoms with Gasteiger partial charge in [-0.15, -0.1) is 23.8 Å². The maximum atomic E-state index is 11.1. The van der Waals surface area contributed by atoms with Crippen molar-refractivity contribution in [1.29, 1.82) is 0 Å². The minimum absolute atomic E-state index is 0. The molecule has 0 unspecified atom stereocenters. The number of benzene rings is 4. The molecule has 6 aromatic rings. The third-order valence-electron chi connectivity index (χ3n) is 9.35. The van der Waals surface area contributed by atoms with E-state index in [1.165, 1.54) is 33.4 Å². The number of aromatic hydroxyl groups is 1. The van der Waals surface area contributed by atoms with Crippen LogP contribution in [0.4, 0.5) is 17.2 Å². The smallest absolute Gasteiger partial charge is 0.144 e. The summed E-state index contributed by atoms with van der Waals surface area (Å²) in [6.07, 6.45) is 1.91. The van der Waals surface area contributed by atoms with E-state index < -0.39 is 0 Å². The first-order chi connectivity index (χ1) is 21.5. The molecule has 4 aromatic carbocycles. The van der Waals surface area contributed by atoms with Crippen LogP contribution in [0, 0.1) is 26.8 Å². The summed E-state index contributed by atoms with van der Waals surface area (Å²) in [7, 11) is 0. The van der Waals surface area contributed by atoms with Crippen molar-refractivity contribution in [2.75, 3.05) is 4.90 Å². The molecule has 1 aliphatic rings. The Bertz CT molecular complexity index is 2110. The topological polar surface area (TPSA) is 49.2 Å². The average Bonchev–Trinajstić information content (AvgIpc) is 3.01. The fourth-order valence-corrected chi connectivity index (χ4v) is 7.15. The van der Waals surface area contributed by atoms with Gasteiger partial charge in [0.2, 0.25) is 0 Å². The van der Waals surface area contributed by atoms with Gasteiger partial charge in [0.25, 0.3) is 0 Å². The molecule has 0 fully saturated rings. The van der Waals surface area contributed by atoms with Crippen molar-refractivity contribution >= 4 is 28.1 Å². The van der Waals surface area contributed by atoms with Gasteiger partial charge in [0.1, 0.15) is 17.1 Å². The zero-order chi connectivity index (χ0) is 31.6. The van der Waals surface area contributed by atoms with Crippen LogP contribution in [0.25, 0.3) is 33.3 Å². The first-order valence-electron chi connectivity index (χ1n) is 15.7. The van der Waals surface area contributed by atoms with E-state index in [1.54, 1.807) is 0 Å². The first-order valence-corrected chi connectivity index (χ1v) is 15.7. The van der Waals surface area contributed by atoms with Gasteiger partial charge in [-0.3, -0.25) is 4.98 Å². The second-order valence-corrected chi connectivity index (χ2v) is 13.2. The van der Waals surface area contributed by atoms with Crippen molar-refractivity contribution in [1.82, 2.24) is 9.97 Å². The number of aryl methyl sites for hydroxylation is 3. The summed E-state index contributed by atoms with van der Waals surface area (Å²) in [4.78, 5) is 12.2. The molecule has 3 heterocycles. The molecule has 46 heavy (non-hydrogen) atoms. The Morgan fingerprint density at radius 3 is 2.28 bits per heavy atom. The molecular formula is C41H38N3OPt-. The summed E-state index contributed by atoms with van der Waals surface area (Å²) in [6, 6.07) is 33.6. The van der Waals surface area contributed by atoms with E-state index in [0.717, 1.165) is 45.0 Å². The Morgan fingerprint density at radius 2 is 1.54 bits per heavy atom. The number of rotatable bonds is 4. The van der Waals surface area contributed by atoms with Crippen LogP contribution in [-0.4, -0.2) is 15.1 Å². The van der Waals surface area contributed by atoms with Crippen LogP contribution in [0.1, 0.15) is 67.0 Å². The minimum atomic E-state index is -0.250. The van der Waals surface area contributed by atoms with E-state index >= 15 is 0 Å². The number of phenols is 1. The fraction of sp³-hybridized carbons (Fsp3) is 0.220. The second-order valence-electron chi connectivity index (χ2n) is 13.2. The van der Waals surface area contributed by atoms with Crippen molar-refractivity contribution in [2.24, 2.45) is 0 Å². The molecule has 4 nitrogen and oxygen atoms in total. The molecule has 0 bridgehead atoms. The predicted molar refractivity (Wildman–Crippen MR) is 186 cm³/mol. The third kappa shape index (κ3) is 5.13.